The van der Waals surface area contributed by atoms with Gasteiger partial charge in [0.25, 0.3) is 0 Å². The number of esters is 1. The van der Waals surface area contributed by atoms with Crippen molar-refractivity contribution in [3.05, 3.63) is 35.4 Å². The molecule has 6 nitrogen and oxygen atoms in total. The molecule has 2 aliphatic heterocycles. The van der Waals surface area contributed by atoms with Gasteiger partial charge in [-0.15, -0.1) is 11.8 Å². The highest BCUT2D eigenvalue weighted by molar-refractivity contribution is 7.99. The average Bonchev–Trinajstić information content (AvgIpc) is 3.20. The molecule has 0 N–H and O–H groups in total. The van der Waals surface area contributed by atoms with Crippen LogP contribution < -0.4 is 0 Å². The van der Waals surface area contributed by atoms with Crippen LogP contribution in [-0.2, 0) is 30.2 Å². The third-order valence-electron chi connectivity index (χ3n) is 6.31. The van der Waals surface area contributed by atoms with E-state index in [0.717, 1.165) is 11.1 Å². The van der Waals surface area contributed by atoms with Crippen molar-refractivity contribution in [1.82, 2.24) is 4.90 Å². The summed E-state index contributed by atoms with van der Waals surface area (Å²) in [6.45, 7) is 13.5. The quantitative estimate of drug-likeness (QED) is 0.372. The number of hydrogen-bond acceptors (Lipinski definition) is 6. The van der Waals surface area contributed by atoms with Gasteiger partial charge in [-0.25, -0.2) is 0 Å². The second kappa shape index (κ2) is 8.47. The second-order valence-electron chi connectivity index (χ2n) is 9.32. The van der Waals surface area contributed by atoms with Crippen molar-refractivity contribution >= 4 is 37.7 Å². The van der Waals surface area contributed by atoms with Crippen LogP contribution in [0.15, 0.2) is 24.3 Å². The van der Waals surface area contributed by atoms with E-state index in [1.807, 2.05) is 24.3 Å². The molecule has 0 aromatic heterocycles. The predicted molar refractivity (Wildman–Crippen MR) is 119 cm³/mol. The second-order valence-corrected chi connectivity index (χ2v) is 15.2. The lowest BCUT2D eigenvalue weighted by molar-refractivity contribution is -0.154. The fraction of sp³-hybridized carbons (Fsp3) is 0.591. The maximum atomic E-state index is 12.8. The Bertz CT molecular complexity index is 833. The molecule has 0 aliphatic carbocycles. The highest BCUT2D eigenvalue weighted by Gasteiger charge is 2.57. The normalized spacial score (nSPS) is 24.3. The molecular weight excluding hydrogens is 418 g/mol. The lowest BCUT2D eigenvalue weighted by Gasteiger charge is -2.36. The van der Waals surface area contributed by atoms with Crippen LogP contribution in [0.5, 0.6) is 0 Å². The Morgan fingerprint density at radius 2 is 1.83 bits per heavy atom. The molecule has 0 spiro atoms. The van der Waals surface area contributed by atoms with E-state index in [2.05, 4.69) is 33.9 Å². The number of carbonyl (C=O) groups excluding carboxylic acids is 3. The molecule has 0 radical (unpaired) electrons. The van der Waals surface area contributed by atoms with Crippen LogP contribution in [0.2, 0.25) is 18.1 Å². The van der Waals surface area contributed by atoms with Gasteiger partial charge >= 0.3 is 5.97 Å². The van der Waals surface area contributed by atoms with Gasteiger partial charge in [0.1, 0.15) is 11.4 Å². The van der Waals surface area contributed by atoms with Gasteiger partial charge < -0.3 is 14.1 Å². The Kier molecular flexibility index (Phi) is 6.50. The Balaban J connectivity index is 1.71. The third kappa shape index (κ3) is 4.22. The van der Waals surface area contributed by atoms with E-state index in [0.29, 0.717) is 12.4 Å². The van der Waals surface area contributed by atoms with E-state index in [1.165, 1.54) is 0 Å². The zero-order chi connectivity index (χ0) is 22.3. The SMILES string of the molecule is CCOC(=O)C1C(=O)C2CSC(c3ccc(CO[Si](C)(C)C(C)(C)C)cc3)N2C1=O. The monoisotopic (exact) mass is 449 g/mol. The molecule has 0 saturated carbocycles. The Labute approximate surface area is 183 Å². The maximum Gasteiger partial charge on any atom is 0.326 e. The van der Waals surface area contributed by atoms with Gasteiger partial charge in [-0.05, 0) is 36.2 Å². The van der Waals surface area contributed by atoms with Crippen LogP contribution in [0.3, 0.4) is 0 Å². The van der Waals surface area contributed by atoms with Gasteiger partial charge in [0.2, 0.25) is 5.91 Å². The number of nitrogens with zero attached hydrogens (tertiary/aromatic N) is 1. The van der Waals surface area contributed by atoms with Crippen LogP contribution in [0.4, 0.5) is 0 Å². The van der Waals surface area contributed by atoms with E-state index >= 15 is 0 Å². The molecule has 3 atom stereocenters. The van der Waals surface area contributed by atoms with E-state index in [4.69, 9.17) is 9.16 Å². The standard InChI is InChI=1S/C22H31NO5SSi/c1-7-27-21(26)17-18(24)16-13-29-20(23(16)19(17)25)15-10-8-14(9-11-15)12-28-30(5,6)22(2,3)4/h8-11,16-17,20H,7,12-13H2,1-6H3. The summed E-state index contributed by atoms with van der Waals surface area (Å²) in [5.41, 5.74) is 2.03. The molecule has 30 heavy (non-hydrogen) atoms. The minimum absolute atomic E-state index is 0.150. The van der Waals surface area contributed by atoms with Gasteiger partial charge in [0.05, 0.1) is 13.2 Å². The van der Waals surface area contributed by atoms with Crippen molar-refractivity contribution in [2.24, 2.45) is 5.92 Å². The molecule has 2 heterocycles. The first-order valence-corrected chi connectivity index (χ1v) is 14.3. The number of carbonyl (C=O) groups is 3. The first kappa shape index (κ1) is 23.0. The summed E-state index contributed by atoms with van der Waals surface area (Å²) in [5, 5.41) is -0.109. The highest BCUT2D eigenvalue weighted by Crippen LogP contribution is 2.46. The summed E-state index contributed by atoms with van der Waals surface area (Å²) >= 11 is 1.56. The number of benzene rings is 1. The molecule has 1 aromatic rings. The number of amides is 1. The van der Waals surface area contributed by atoms with Crippen LogP contribution >= 0.6 is 11.8 Å². The molecule has 2 saturated heterocycles. The highest BCUT2D eigenvalue weighted by atomic mass is 32.2. The molecule has 2 aliphatic rings. The largest absolute Gasteiger partial charge is 0.465 e. The average molecular weight is 450 g/mol. The minimum atomic E-state index is -1.83. The summed E-state index contributed by atoms with van der Waals surface area (Å²) in [6.07, 6.45) is 0. The fourth-order valence-corrected chi connectivity index (χ4v) is 5.83. The first-order valence-electron chi connectivity index (χ1n) is 10.3. The van der Waals surface area contributed by atoms with Crippen molar-refractivity contribution < 1.29 is 23.5 Å². The lowest BCUT2D eigenvalue weighted by Crippen LogP contribution is -2.40. The van der Waals surface area contributed by atoms with Gasteiger partial charge in [0.15, 0.2) is 20.0 Å². The van der Waals surface area contributed by atoms with E-state index in [-0.39, 0.29) is 22.8 Å². The number of rotatable bonds is 6. The summed E-state index contributed by atoms with van der Waals surface area (Å²) in [7, 11) is -1.83. The van der Waals surface area contributed by atoms with Crippen LogP contribution in [0.25, 0.3) is 0 Å². The zero-order valence-electron chi connectivity index (χ0n) is 18.6. The molecule has 164 valence electrons. The van der Waals surface area contributed by atoms with Crippen molar-refractivity contribution in [3.8, 4) is 0 Å². The predicted octanol–water partition coefficient (Wildman–Crippen LogP) is 3.91. The summed E-state index contributed by atoms with van der Waals surface area (Å²) < 4.78 is 11.2. The number of Topliss-reactive ketones (excluding diaryl/α,β-unsaturated/α-hetero) is 1. The number of thioether (sulfide) groups is 1. The van der Waals surface area contributed by atoms with Gasteiger partial charge in [-0.3, -0.25) is 14.4 Å². The van der Waals surface area contributed by atoms with E-state index in [9.17, 15) is 14.4 Å². The van der Waals surface area contributed by atoms with Gasteiger partial charge in [-0.2, -0.15) is 0 Å². The molecule has 0 bridgehead atoms. The first-order chi connectivity index (χ1) is 14.0. The molecule has 2 fully saturated rings. The third-order valence-corrected chi connectivity index (χ3v) is 12.1. The topological polar surface area (TPSA) is 72.9 Å². The Morgan fingerprint density at radius 1 is 1.20 bits per heavy atom. The molecule has 3 rings (SSSR count). The molecule has 1 amide bonds. The fourth-order valence-electron chi connectivity index (χ4n) is 3.42. The van der Waals surface area contributed by atoms with Crippen molar-refractivity contribution in [1.29, 1.82) is 0 Å². The maximum absolute atomic E-state index is 12.8. The Hall–Kier alpha value is -1.64. The minimum Gasteiger partial charge on any atom is -0.465 e. The van der Waals surface area contributed by atoms with Gasteiger partial charge in [0, 0.05) is 5.75 Å². The number of fused-ring (bicyclic) bond motifs is 1. The summed E-state index contributed by atoms with van der Waals surface area (Å²) in [6, 6.07) is 7.45. The van der Waals surface area contributed by atoms with E-state index in [1.54, 1.807) is 23.6 Å². The number of ether oxygens (including phenoxy) is 1. The lowest BCUT2D eigenvalue weighted by atomic mass is 10.0. The van der Waals surface area contributed by atoms with E-state index < -0.39 is 32.2 Å². The zero-order valence-corrected chi connectivity index (χ0v) is 20.4. The van der Waals surface area contributed by atoms with Crippen LogP contribution in [0.1, 0.15) is 44.2 Å². The smallest absolute Gasteiger partial charge is 0.326 e. The summed E-state index contributed by atoms with van der Waals surface area (Å²) in [4.78, 5) is 39.1. The van der Waals surface area contributed by atoms with Crippen LogP contribution in [-0.4, -0.2) is 49.3 Å². The number of hydrogen-bond donors (Lipinski definition) is 0. The molecule has 1 aromatic carbocycles. The summed E-state index contributed by atoms with van der Waals surface area (Å²) in [5.74, 6) is -2.32. The van der Waals surface area contributed by atoms with Crippen molar-refractivity contribution in [3.63, 3.8) is 0 Å². The van der Waals surface area contributed by atoms with Crippen LogP contribution in [0, 0.1) is 5.92 Å². The molecular formula is C22H31NO5SSi. The molecule has 8 heteroatoms. The number of ketones is 1. The van der Waals surface area contributed by atoms with Gasteiger partial charge in [-0.1, -0.05) is 45.0 Å². The van der Waals surface area contributed by atoms with Crippen molar-refractivity contribution in [2.75, 3.05) is 12.4 Å². The van der Waals surface area contributed by atoms with Crippen molar-refractivity contribution in [2.45, 2.75) is 63.8 Å². The Morgan fingerprint density at radius 3 is 2.40 bits per heavy atom. The molecule has 3 unspecified atom stereocenters.